The summed E-state index contributed by atoms with van der Waals surface area (Å²) in [6.07, 6.45) is 2.99. The van der Waals surface area contributed by atoms with Crippen molar-refractivity contribution in [3.05, 3.63) is 89.8 Å². The Kier molecular flexibility index (Phi) is 4.77. The fourth-order valence-electron chi connectivity index (χ4n) is 3.01. The molecule has 0 bridgehead atoms. The highest BCUT2D eigenvalue weighted by Crippen LogP contribution is 2.24. The van der Waals surface area contributed by atoms with Crippen LogP contribution in [0.1, 0.15) is 5.69 Å². The van der Waals surface area contributed by atoms with Gasteiger partial charge >= 0.3 is 0 Å². The maximum absolute atomic E-state index is 14.2. The number of halogens is 2. The van der Waals surface area contributed by atoms with E-state index >= 15 is 0 Å². The number of carbonyl (C=O) groups excluding carboxylic acids is 2. The van der Waals surface area contributed by atoms with Gasteiger partial charge in [-0.25, -0.2) is 8.78 Å². The lowest BCUT2D eigenvalue weighted by Gasteiger charge is -2.28. The predicted molar refractivity (Wildman–Crippen MR) is 108 cm³/mol. The summed E-state index contributed by atoms with van der Waals surface area (Å²) in [7, 11) is 0. The molecule has 0 saturated carbocycles. The number of anilines is 1. The van der Waals surface area contributed by atoms with E-state index in [0.29, 0.717) is 11.4 Å². The molecule has 29 heavy (non-hydrogen) atoms. The molecule has 0 spiro atoms. The molecule has 0 atom stereocenters. The van der Waals surface area contributed by atoms with Gasteiger partial charge in [-0.1, -0.05) is 12.1 Å². The van der Waals surface area contributed by atoms with Crippen LogP contribution in [0.2, 0.25) is 0 Å². The summed E-state index contributed by atoms with van der Waals surface area (Å²) in [5.41, 5.74) is 0.843. The number of benzene rings is 2. The summed E-state index contributed by atoms with van der Waals surface area (Å²) >= 11 is 5.11. The lowest BCUT2D eigenvalue weighted by molar-refractivity contribution is -0.122. The summed E-state index contributed by atoms with van der Waals surface area (Å²) in [4.78, 5) is 26.5. The Morgan fingerprint density at radius 1 is 0.931 bits per heavy atom. The van der Waals surface area contributed by atoms with Crippen LogP contribution in [0.25, 0.3) is 11.8 Å². The molecule has 1 saturated heterocycles. The van der Waals surface area contributed by atoms with E-state index in [9.17, 15) is 18.4 Å². The Morgan fingerprint density at radius 2 is 1.66 bits per heavy atom. The lowest BCUT2D eigenvalue weighted by atomic mass is 10.1. The summed E-state index contributed by atoms with van der Waals surface area (Å²) in [6, 6.07) is 14.6. The number of para-hydroxylation sites is 1. The maximum atomic E-state index is 14.2. The third-order valence-electron chi connectivity index (χ3n) is 4.37. The molecule has 2 aromatic carbocycles. The van der Waals surface area contributed by atoms with Crippen LogP contribution in [0.3, 0.4) is 0 Å². The van der Waals surface area contributed by atoms with Crippen molar-refractivity contribution in [3.8, 4) is 5.69 Å². The third-order valence-corrected chi connectivity index (χ3v) is 4.66. The molecule has 1 aromatic heterocycles. The average molecular weight is 409 g/mol. The Morgan fingerprint density at radius 3 is 2.38 bits per heavy atom. The normalized spacial score (nSPS) is 15.7. The van der Waals surface area contributed by atoms with Gasteiger partial charge in [0.1, 0.15) is 17.2 Å². The van der Waals surface area contributed by atoms with Crippen molar-refractivity contribution in [3.63, 3.8) is 0 Å². The van der Waals surface area contributed by atoms with Gasteiger partial charge in [-0.3, -0.25) is 19.8 Å². The second kappa shape index (κ2) is 7.40. The number of nitrogens with one attached hydrogen (secondary N) is 1. The van der Waals surface area contributed by atoms with E-state index in [-0.39, 0.29) is 16.4 Å². The predicted octanol–water partition coefficient (Wildman–Crippen LogP) is 3.59. The first-order valence-electron chi connectivity index (χ1n) is 8.55. The molecule has 3 aromatic rings. The third kappa shape index (κ3) is 3.45. The molecule has 8 heteroatoms. The summed E-state index contributed by atoms with van der Waals surface area (Å²) in [6.45, 7) is 0. The van der Waals surface area contributed by atoms with Crippen LogP contribution in [0, 0.1) is 11.6 Å². The van der Waals surface area contributed by atoms with Gasteiger partial charge in [0.2, 0.25) is 0 Å². The molecule has 1 aliphatic rings. The molecule has 5 nitrogen and oxygen atoms in total. The molecule has 0 aliphatic carbocycles. The monoisotopic (exact) mass is 409 g/mol. The number of thiocarbonyl (C=S) groups is 1. The second-order valence-electron chi connectivity index (χ2n) is 6.19. The summed E-state index contributed by atoms with van der Waals surface area (Å²) in [5, 5.41) is 2.35. The van der Waals surface area contributed by atoms with Crippen LogP contribution in [-0.4, -0.2) is 21.5 Å². The fourth-order valence-corrected chi connectivity index (χ4v) is 3.29. The quantitative estimate of drug-likeness (QED) is 0.409. The van der Waals surface area contributed by atoms with Crippen molar-refractivity contribution in [2.24, 2.45) is 0 Å². The zero-order valence-corrected chi connectivity index (χ0v) is 15.6. The standard InChI is InChI=1S/C21H13F2N3O2S/c22-13-7-9-14(10-8-13)26-20(28)16(19(27)24-21(26)29)12-15-4-3-11-25(15)18-6-2-1-5-17(18)23/h1-12H,(H,24,27,29)/b16-12-. The first-order chi connectivity index (χ1) is 14.0. The van der Waals surface area contributed by atoms with E-state index in [4.69, 9.17) is 12.2 Å². The van der Waals surface area contributed by atoms with Crippen molar-refractivity contribution >= 4 is 40.9 Å². The fraction of sp³-hybridized carbons (Fsp3) is 0. The second-order valence-corrected chi connectivity index (χ2v) is 6.58. The van der Waals surface area contributed by atoms with E-state index in [2.05, 4.69) is 5.32 Å². The smallest absolute Gasteiger partial charge is 0.270 e. The van der Waals surface area contributed by atoms with Gasteiger partial charge in [-0.2, -0.15) is 0 Å². The van der Waals surface area contributed by atoms with Gasteiger partial charge in [0, 0.05) is 11.9 Å². The molecular weight excluding hydrogens is 396 g/mol. The van der Waals surface area contributed by atoms with Crippen LogP contribution < -0.4 is 10.2 Å². The number of amides is 2. The van der Waals surface area contributed by atoms with Crippen LogP contribution in [0.15, 0.2) is 72.4 Å². The van der Waals surface area contributed by atoms with E-state index in [0.717, 1.165) is 4.90 Å². The topological polar surface area (TPSA) is 54.3 Å². The van der Waals surface area contributed by atoms with Gasteiger partial charge in [-0.15, -0.1) is 0 Å². The van der Waals surface area contributed by atoms with Crippen molar-refractivity contribution in [1.82, 2.24) is 9.88 Å². The molecule has 144 valence electrons. The first kappa shape index (κ1) is 18.7. The molecular formula is C21H13F2N3O2S. The van der Waals surface area contributed by atoms with Gasteiger partial charge in [0.05, 0.1) is 11.4 Å². The van der Waals surface area contributed by atoms with Crippen molar-refractivity contribution in [2.45, 2.75) is 0 Å². The lowest BCUT2D eigenvalue weighted by Crippen LogP contribution is -2.54. The highest BCUT2D eigenvalue weighted by molar-refractivity contribution is 7.80. The van der Waals surface area contributed by atoms with Gasteiger partial charge in [-0.05, 0) is 66.8 Å². The molecule has 1 N–H and O–H groups in total. The highest BCUT2D eigenvalue weighted by atomic mass is 32.1. The molecule has 1 fully saturated rings. The number of carbonyl (C=O) groups is 2. The number of rotatable bonds is 3. The highest BCUT2D eigenvalue weighted by Gasteiger charge is 2.34. The Balaban J connectivity index is 1.76. The Bertz CT molecular complexity index is 1170. The van der Waals surface area contributed by atoms with Crippen LogP contribution in [-0.2, 0) is 9.59 Å². The van der Waals surface area contributed by atoms with Gasteiger partial charge in [0.25, 0.3) is 11.8 Å². The molecule has 0 radical (unpaired) electrons. The van der Waals surface area contributed by atoms with Crippen LogP contribution in [0.5, 0.6) is 0 Å². The molecule has 4 rings (SSSR count). The van der Waals surface area contributed by atoms with Crippen LogP contribution >= 0.6 is 12.2 Å². The average Bonchev–Trinajstić information content (AvgIpc) is 3.15. The molecule has 2 heterocycles. The minimum atomic E-state index is -0.667. The van der Waals surface area contributed by atoms with Crippen molar-refractivity contribution < 1.29 is 18.4 Å². The van der Waals surface area contributed by atoms with Crippen molar-refractivity contribution in [2.75, 3.05) is 4.90 Å². The molecule has 1 aliphatic heterocycles. The number of hydrogen-bond donors (Lipinski definition) is 1. The number of hydrogen-bond acceptors (Lipinski definition) is 3. The van der Waals surface area contributed by atoms with E-state index < -0.39 is 23.4 Å². The minimum absolute atomic E-state index is 0.103. The Hall–Kier alpha value is -3.65. The van der Waals surface area contributed by atoms with Gasteiger partial charge in [0.15, 0.2) is 5.11 Å². The van der Waals surface area contributed by atoms with E-state index in [1.165, 1.54) is 41.0 Å². The maximum Gasteiger partial charge on any atom is 0.270 e. The number of nitrogens with zero attached hydrogens (tertiary/aromatic N) is 2. The minimum Gasteiger partial charge on any atom is -0.314 e. The zero-order valence-electron chi connectivity index (χ0n) is 14.8. The van der Waals surface area contributed by atoms with E-state index in [1.807, 2.05) is 0 Å². The SMILES string of the molecule is O=C1NC(=S)N(c2ccc(F)cc2)C(=O)/C1=C\c1cccn1-c1ccccc1F. The largest absolute Gasteiger partial charge is 0.314 e. The first-order valence-corrected chi connectivity index (χ1v) is 8.96. The molecule has 0 unspecified atom stereocenters. The zero-order chi connectivity index (χ0) is 20.5. The summed E-state index contributed by atoms with van der Waals surface area (Å²) < 4.78 is 28.9. The van der Waals surface area contributed by atoms with E-state index in [1.54, 1.807) is 36.5 Å². The number of aromatic nitrogens is 1. The summed E-state index contributed by atoms with van der Waals surface area (Å²) in [5.74, 6) is -2.24. The molecule has 2 amide bonds. The van der Waals surface area contributed by atoms with Crippen molar-refractivity contribution in [1.29, 1.82) is 0 Å². The van der Waals surface area contributed by atoms with Crippen LogP contribution in [0.4, 0.5) is 14.5 Å². The van der Waals surface area contributed by atoms with Gasteiger partial charge < -0.3 is 4.57 Å². The Labute approximate surface area is 169 Å².